The second-order valence-electron chi connectivity index (χ2n) is 2.71. The fraction of sp³-hybridized carbons (Fsp3) is 0.333. The Bertz CT molecular complexity index is 304. The van der Waals surface area contributed by atoms with Crippen LogP contribution in [0.15, 0.2) is 18.3 Å². The van der Waals surface area contributed by atoms with Gasteiger partial charge in [-0.25, -0.2) is 0 Å². The summed E-state index contributed by atoms with van der Waals surface area (Å²) in [5.41, 5.74) is 6.60. The Morgan fingerprint density at radius 2 is 2.36 bits per heavy atom. The number of rotatable bonds is 3. The number of carbonyl (C=O) groups excluding carboxylic acids is 1. The molecule has 0 bridgehead atoms. The first-order valence-electron chi connectivity index (χ1n) is 4.15. The first-order chi connectivity index (χ1) is 6.25. The molecule has 1 aromatic heterocycles. The van der Waals surface area contributed by atoms with Gasteiger partial charge in [0.1, 0.15) is 5.69 Å². The summed E-state index contributed by atoms with van der Waals surface area (Å²) in [6.07, 6.45) is 1.60. The van der Waals surface area contributed by atoms with Gasteiger partial charge in [-0.2, -0.15) is 0 Å². The average molecular weight is 216 g/mol. The van der Waals surface area contributed by atoms with E-state index in [0.717, 1.165) is 5.56 Å². The molecule has 3 N–H and O–H groups in total. The van der Waals surface area contributed by atoms with E-state index in [1.807, 2.05) is 13.0 Å². The third kappa shape index (κ3) is 3.32. The first-order valence-corrected chi connectivity index (χ1v) is 4.15. The van der Waals surface area contributed by atoms with Crippen LogP contribution in [0.3, 0.4) is 0 Å². The quantitative estimate of drug-likeness (QED) is 0.772. The summed E-state index contributed by atoms with van der Waals surface area (Å²) in [5, 5.41) is 2.66. The van der Waals surface area contributed by atoms with Gasteiger partial charge in [-0.05, 0) is 18.6 Å². The molecule has 0 spiro atoms. The van der Waals surface area contributed by atoms with Gasteiger partial charge >= 0.3 is 0 Å². The summed E-state index contributed by atoms with van der Waals surface area (Å²) in [6.45, 7) is 2.77. The van der Waals surface area contributed by atoms with Gasteiger partial charge in [0.05, 0.1) is 0 Å². The fourth-order valence-electron chi connectivity index (χ4n) is 0.993. The van der Waals surface area contributed by atoms with E-state index in [1.54, 1.807) is 12.3 Å². The molecule has 5 heteroatoms. The Kier molecular flexibility index (Phi) is 5.83. The molecular weight excluding hydrogens is 202 g/mol. The van der Waals surface area contributed by atoms with Gasteiger partial charge in [0.15, 0.2) is 0 Å². The third-order valence-corrected chi connectivity index (χ3v) is 1.65. The van der Waals surface area contributed by atoms with Crippen LogP contribution in [0.4, 0.5) is 0 Å². The highest BCUT2D eigenvalue weighted by Crippen LogP contribution is 2.01. The number of amides is 1. The number of nitrogens with zero attached hydrogens (tertiary/aromatic N) is 1. The minimum absolute atomic E-state index is 0. The zero-order valence-corrected chi connectivity index (χ0v) is 8.80. The molecule has 0 saturated carbocycles. The predicted octanol–water partition coefficient (Wildman–Crippen LogP) is 0.500. The molecule has 1 aromatic rings. The molecule has 1 amide bonds. The maximum atomic E-state index is 11.4. The van der Waals surface area contributed by atoms with Gasteiger partial charge in [0.2, 0.25) is 0 Å². The summed E-state index contributed by atoms with van der Waals surface area (Å²) in [7, 11) is 0. The highest BCUT2D eigenvalue weighted by Gasteiger charge is 2.07. The summed E-state index contributed by atoms with van der Waals surface area (Å²) in [4.78, 5) is 15.4. The highest BCUT2D eigenvalue weighted by atomic mass is 35.5. The second-order valence-corrected chi connectivity index (χ2v) is 2.71. The normalized spacial score (nSPS) is 9.00. The van der Waals surface area contributed by atoms with E-state index in [1.165, 1.54) is 0 Å². The van der Waals surface area contributed by atoms with Crippen molar-refractivity contribution < 1.29 is 4.79 Å². The summed E-state index contributed by atoms with van der Waals surface area (Å²) in [5.74, 6) is -0.163. The van der Waals surface area contributed by atoms with Crippen molar-refractivity contribution in [3.8, 4) is 0 Å². The monoisotopic (exact) mass is 215 g/mol. The van der Waals surface area contributed by atoms with Gasteiger partial charge in [0, 0.05) is 19.3 Å². The molecule has 0 saturated heterocycles. The number of hydrogen-bond donors (Lipinski definition) is 2. The molecule has 0 fully saturated rings. The number of pyridine rings is 1. The number of aromatic nitrogens is 1. The van der Waals surface area contributed by atoms with Crippen LogP contribution in [0.2, 0.25) is 0 Å². The van der Waals surface area contributed by atoms with E-state index in [4.69, 9.17) is 5.73 Å². The van der Waals surface area contributed by atoms with Gasteiger partial charge < -0.3 is 11.1 Å². The molecular formula is C9H14ClN3O. The number of hydrogen-bond acceptors (Lipinski definition) is 3. The van der Waals surface area contributed by atoms with Crippen LogP contribution in [-0.4, -0.2) is 24.0 Å². The van der Waals surface area contributed by atoms with E-state index in [2.05, 4.69) is 10.3 Å². The minimum atomic E-state index is -0.163. The van der Waals surface area contributed by atoms with Crippen LogP contribution < -0.4 is 11.1 Å². The fourth-order valence-corrected chi connectivity index (χ4v) is 0.993. The van der Waals surface area contributed by atoms with Crippen molar-refractivity contribution in [2.24, 2.45) is 5.73 Å². The Morgan fingerprint density at radius 3 is 2.93 bits per heavy atom. The van der Waals surface area contributed by atoms with Crippen LogP contribution in [0, 0.1) is 6.92 Å². The number of nitrogens with two attached hydrogens (primary N) is 1. The van der Waals surface area contributed by atoms with Crippen molar-refractivity contribution in [3.63, 3.8) is 0 Å². The number of nitrogens with one attached hydrogen (secondary N) is 1. The van der Waals surface area contributed by atoms with Crippen LogP contribution in [0.5, 0.6) is 0 Å². The zero-order valence-electron chi connectivity index (χ0n) is 7.99. The van der Waals surface area contributed by atoms with Crippen LogP contribution >= 0.6 is 12.4 Å². The lowest BCUT2D eigenvalue weighted by Crippen LogP contribution is -2.30. The Balaban J connectivity index is 0.00000169. The molecule has 0 aliphatic heterocycles. The Hall–Kier alpha value is -1.13. The van der Waals surface area contributed by atoms with Crippen molar-refractivity contribution in [1.29, 1.82) is 0 Å². The third-order valence-electron chi connectivity index (χ3n) is 1.65. The zero-order chi connectivity index (χ0) is 9.68. The standard InChI is InChI=1S/C9H13N3O.ClH/c1-7-3-2-5-11-8(7)9(13)12-6-4-10;/h2-3,5H,4,6,10H2,1H3,(H,12,13);1H. The van der Waals surface area contributed by atoms with Crippen LogP contribution in [0.25, 0.3) is 0 Å². The maximum absolute atomic E-state index is 11.4. The molecule has 0 aromatic carbocycles. The topological polar surface area (TPSA) is 68.0 Å². The summed E-state index contributed by atoms with van der Waals surface area (Å²) in [6, 6.07) is 3.65. The lowest BCUT2D eigenvalue weighted by molar-refractivity contribution is 0.0949. The highest BCUT2D eigenvalue weighted by molar-refractivity contribution is 5.93. The summed E-state index contributed by atoms with van der Waals surface area (Å²) >= 11 is 0. The van der Waals surface area contributed by atoms with Crippen LogP contribution in [-0.2, 0) is 0 Å². The Morgan fingerprint density at radius 1 is 1.64 bits per heavy atom. The molecule has 0 atom stereocenters. The predicted molar refractivity (Wildman–Crippen MR) is 57.6 cm³/mol. The van der Waals surface area contributed by atoms with Gasteiger partial charge in [-0.1, -0.05) is 6.07 Å². The lowest BCUT2D eigenvalue weighted by Gasteiger charge is -2.04. The van der Waals surface area contributed by atoms with E-state index < -0.39 is 0 Å². The molecule has 0 unspecified atom stereocenters. The molecule has 14 heavy (non-hydrogen) atoms. The second kappa shape index (κ2) is 6.34. The SMILES string of the molecule is Cc1cccnc1C(=O)NCCN.Cl. The molecule has 4 nitrogen and oxygen atoms in total. The maximum Gasteiger partial charge on any atom is 0.270 e. The number of carbonyl (C=O) groups is 1. The van der Waals surface area contributed by atoms with Crippen molar-refractivity contribution in [2.75, 3.05) is 13.1 Å². The molecule has 1 rings (SSSR count). The van der Waals surface area contributed by atoms with Gasteiger partial charge in [-0.3, -0.25) is 9.78 Å². The largest absolute Gasteiger partial charge is 0.349 e. The van der Waals surface area contributed by atoms with E-state index in [9.17, 15) is 4.79 Å². The lowest BCUT2D eigenvalue weighted by atomic mass is 10.2. The van der Waals surface area contributed by atoms with E-state index in [-0.39, 0.29) is 18.3 Å². The van der Waals surface area contributed by atoms with Gasteiger partial charge in [0.25, 0.3) is 5.91 Å². The Labute approximate surface area is 89.3 Å². The van der Waals surface area contributed by atoms with Gasteiger partial charge in [-0.15, -0.1) is 12.4 Å². The van der Waals surface area contributed by atoms with Crippen LogP contribution in [0.1, 0.15) is 16.1 Å². The first kappa shape index (κ1) is 12.9. The molecule has 0 aliphatic rings. The smallest absolute Gasteiger partial charge is 0.270 e. The van der Waals surface area contributed by atoms with E-state index >= 15 is 0 Å². The molecule has 1 heterocycles. The van der Waals surface area contributed by atoms with Crippen molar-refractivity contribution in [1.82, 2.24) is 10.3 Å². The van der Waals surface area contributed by atoms with E-state index in [0.29, 0.717) is 18.8 Å². The molecule has 0 aliphatic carbocycles. The van der Waals surface area contributed by atoms with Crippen molar-refractivity contribution in [2.45, 2.75) is 6.92 Å². The van der Waals surface area contributed by atoms with Crippen molar-refractivity contribution in [3.05, 3.63) is 29.6 Å². The molecule has 78 valence electrons. The summed E-state index contributed by atoms with van der Waals surface area (Å²) < 4.78 is 0. The molecule has 0 radical (unpaired) electrons. The van der Waals surface area contributed by atoms with Crippen molar-refractivity contribution >= 4 is 18.3 Å². The number of aryl methyl sites for hydroxylation is 1. The minimum Gasteiger partial charge on any atom is -0.349 e. The average Bonchev–Trinajstić information content (AvgIpc) is 2.15. The number of halogens is 1.